The first kappa shape index (κ1) is 20.6. The molecule has 9 heteroatoms. The van der Waals surface area contributed by atoms with Crippen LogP contribution in [0.25, 0.3) is 5.69 Å². The maximum Gasteiger partial charge on any atom is 0.435 e. The van der Waals surface area contributed by atoms with Gasteiger partial charge in [-0.05, 0) is 39.0 Å². The minimum Gasteiger partial charge on any atom is -0.352 e. The third-order valence-electron chi connectivity index (χ3n) is 4.73. The number of halogens is 3. The number of hydrogen-bond donors (Lipinski definition) is 1. The van der Waals surface area contributed by atoms with E-state index in [4.69, 9.17) is 0 Å². The van der Waals surface area contributed by atoms with E-state index in [2.05, 4.69) is 15.5 Å². The molecule has 29 heavy (non-hydrogen) atoms. The normalized spacial score (nSPS) is 11.7. The lowest BCUT2D eigenvalue weighted by Crippen LogP contribution is -2.25. The second-order valence-electron chi connectivity index (χ2n) is 6.82. The number of amides is 1. The van der Waals surface area contributed by atoms with Gasteiger partial charge >= 0.3 is 6.18 Å². The number of nitrogens with zero attached hydrogens (tertiary/aromatic N) is 4. The molecule has 3 rings (SSSR count). The van der Waals surface area contributed by atoms with Crippen LogP contribution in [0.2, 0.25) is 0 Å². The fraction of sp³-hybridized carbons (Fsp3) is 0.350. The summed E-state index contributed by atoms with van der Waals surface area (Å²) in [7, 11) is 0. The quantitative estimate of drug-likeness (QED) is 0.680. The monoisotopic (exact) mass is 405 g/mol. The molecule has 0 aliphatic carbocycles. The number of hydrogen-bond acceptors (Lipinski definition) is 3. The molecule has 3 aromatic rings. The van der Waals surface area contributed by atoms with Gasteiger partial charge in [0.15, 0.2) is 5.69 Å². The van der Waals surface area contributed by atoms with Crippen molar-refractivity contribution in [2.45, 2.75) is 46.5 Å². The van der Waals surface area contributed by atoms with Gasteiger partial charge in [0.2, 0.25) is 5.91 Å². The molecule has 2 heterocycles. The van der Waals surface area contributed by atoms with Crippen molar-refractivity contribution in [2.75, 3.05) is 0 Å². The van der Waals surface area contributed by atoms with E-state index >= 15 is 0 Å². The largest absolute Gasteiger partial charge is 0.435 e. The molecule has 1 N–H and O–H groups in total. The summed E-state index contributed by atoms with van der Waals surface area (Å²) in [5, 5.41) is 10.9. The van der Waals surface area contributed by atoms with E-state index in [1.165, 1.54) is 11.6 Å². The van der Waals surface area contributed by atoms with Gasteiger partial charge in [-0.2, -0.15) is 23.4 Å². The van der Waals surface area contributed by atoms with Gasteiger partial charge in [-0.25, -0.2) is 4.68 Å². The highest BCUT2D eigenvalue weighted by Gasteiger charge is 2.34. The summed E-state index contributed by atoms with van der Waals surface area (Å²) in [6.07, 6.45) is -4.46. The van der Waals surface area contributed by atoms with Crippen molar-refractivity contribution in [1.29, 1.82) is 0 Å². The van der Waals surface area contributed by atoms with Gasteiger partial charge in [-0.15, -0.1) is 0 Å². The van der Waals surface area contributed by atoms with E-state index in [9.17, 15) is 18.0 Å². The van der Waals surface area contributed by atoms with Crippen LogP contribution in [0.4, 0.5) is 13.2 Å². The van der Waals surface area contributed by atoms with E-state index < -0.39 is 11.9 Å². The number of para-hydroxylation sites is 1. The Kier molecular flexibility index (Phi) is 5.76. The topological polar surface area (TPSA) is 64.7 Å². The highest BCUT2D eigenvalue weighted by atomic mass is 19.4. The van der Waals surface area contributed by atoms with Crippen LogP contribution < -0.4 is 5.32 Å². The zero-order valence-electron chi connectivity index (χ0n) is 16.4. The predicted molar refractivity (Wildman–Crippen MR) is 101 cm³/mol. The summed E-state index contributed by atoms with van der Waals surface area (Å²) >= 11 is 0. The number of nitrogens with one attached hydrogen (secondary N) is 1. The summed E-state index contributed by atoms with van der Waals surface area (Å²) in [6, 6.07) is 10.6. The molecule has 0 unspecified atom stereocenters. The molecular weight excluding hydrogens is 383 g/mol. The second kappa shape index (κ2) is 8.10. The zero-order chi connectivity index (χ0) is 21.2. The van der Waals surface area contributed by atoms with Crippen molar-refractivity contribution in [3.63, 3.8) is 0 Å². The smallest absolute Gasteiger partial charge is 0.352 e. The van der Waals surface area contributed by atoms with E-state index in [0.717, 1.165) is 28.7 Å². The number of rotatable bonds is 6. The number of aromatic nitrogens is 4. The van der Waals surface area contributed by atoms with Gasteiger partial charge in [-0.1, -0.05) is 18.2 Å². The summed E-state index contributed by atoms with van der Waals surface area (Å²) in [5.74, 6) is -0.264. The third kappa shape index (κ3) is 4.67. The summed E-state index contributed by atoms with van der Waals surface area (Å²) in [4.78, 5) is 12.2. The molecule has 0 aliphatic rings. The Morgan fingerprint density at radius 3 is 2.41 bits per heavy atom. The Hall–Kier alpha value is -3.10. The maximum atomic E-state index is 12.7. The SMILES string of the molecule is Cc1nn(-c2ccccc2)c(C)c1CNC(=O)CCn1nc(C(F)(F)F)cc1C. The predicted octanol–water partition coefficient (Wildman–Crippen LogP) is 3.72. The fourth-order valence-electron chi connectivity index (χ4n) is 3.11. The van der Waals surface area contributed by atoms with E-state index in [1.54, 1.807) is 0 Å². The first-order chi connectivity index (χ1) is 13.7. The highest BCUT2D eigenvalue weighted by Crippen LogP contribution is 2.28. The molecular formula is C20H22F3N5O. The van der Waals surface area contributed by atoms with Crippen molar-refractivity contribution in [1.82, 2.24) is 24.9 Å². The molecule has 1 amide bonds. The molecule has 0 bridgehead atoms. The molecule has 0 spiro atoms. The molecule has 0 aliphatic heterocycles. The number of alkyl halides is 3. The molecule has 0 saturated carbocycles. The Labute approximate surface area is 166 Å². The first-order valence-corrected chi connectivity index (χ1v) is 9.15. The van der Waals surface area contributed by atoms with Gasteiger partial charge < -0.3 is 5.32 Å². The molecule has 6 nitrogen and oxygen atoms in total. The average Bonchev–Trinajstić information content (AvgIpc) is 3.18. The first-order valence-electron chi connectivity index (χ1n) is 9.15. The molecule has 1 aromatic carbocycles. The number of carbonyl (C=O) groups excluding carboxylic acids is 1. The molecule has 0 radical (unpaired) electrons. The van der Waals surface area contributed by atoms with Crippen LogP contribution in [0, 0.1) is 20.8 Å². The van der Waals surface area contributed by atoms with Crippen molar-refractivity contribution in [3.05, 3.63) is 64.7 Å². The van der Waals surface area contributed by atoms with Crippen molar-refractivity contribution in [3.8, 4) is 5.69 Å². The van der Waals surface area contributed by atoms with Crippen LogP contribution in [0.3, 0.4) is 0 Å². The van der Waals surface area contributed by atoms with Gasteiger partial charge in [0.25, 0.3) is 0 Å². The third-order valence-corrected chi connectivity index (χ3v) is 4.73. The van der Waals surface area contributed by atoms with Crippen molar-refractivity contribution < 1.29 is 18.0 Å². The molecule has 154 valence electrons. The molecule has 0 fully saturated rings. The number of aryl methyl sites for hydroxylation is 3. The summed E-state index contributed by atoms with van der Waals surface area (Å²) in [6.45, 7) is 5.72. The lowest BCUT2D eigenvalue weighted by Gasteiger charge is -2.08. The van der Waals surface area contributed by atoms with Crippen molar-refractivity contribution >= 4 is 5.91 Å². The summed E-state index contributed by atoms with van der Waals surface area (Å²) < 4.78 is 41.2. The van der Waals surface area contributed by atoms with Crippen LogP contribution in [0.15, 0.2) is 36.4 Å². The maximum absolute atomic E-state index is 12.7. The second-order valence-corrected chi connectivity index (χ2v) is 6.82. The molecule has 2 aromatic heterocycles. The summed E-state index contributed by atoms with van der Waals surface area (Å²) in [5.41, 5.74) is 2.99. The van der Waals surface area contributed by atoms with Gasteiger partial charge in [-0.3, -0.25) is 9.48 Å². The van der Waals surface area contributed by atoms with Gasteiger partial charge in [0, 0.05) is 36.5 Å². The molecule has 0 saturated heterocycles. The Morgan fingerprint density at radius 1 is 1.10 bits per heavy atom. The Morgan fingerprint density at radius 2 is 1.79 bits per heavy atom. The highest BCUT2D eigenvalue weighted by molar-refractivity contribution is 5.75. The van der Waals surface area contributed by atoms with Crippen molar-refractivity contribution in [2.24, 2.45) is 0 Å². The van der Waals surface area contributed by atoms with Gasteiger partial charge in [0.1, 0.15) is 0 Å². The number of benzene rings is 1. The van der Waals surface area contributed by atoms with Crippen LogP contribution >= 0.6 is 0 Å². The van der Waals surface area contributed by atoms with E-state index in [-0.39, 0.29) is 18.9 Å². The Bertz CT molecular complexity index is 1010. The number of carbonyl (C=O) groups is 1. The van der Waals surface area contributed by atoms with Crippen LogP contribution in [-0.4, -0.2) is 25.5 Å². The fourth-order valence-corrected chi connectivity index (χ4v) is 3.11. The minimum atomic E-state index is -4.49. The van der Waals surface area contributed by atoms with Crippen LogP contribution in [-0.2, 0) is 24.1 Å². The van der Waals surface area contributed by atoms with Gasteiger partial charge in [0.05, 0.1) is 11.4 Å². The standard InChI is InChI=1S/C20H22F3N5O/c1-13-11-18(20(21,22)23)26-27(13)10-9-19(29)24-12-17-14(2)25-28(15(17)3)16-7-5-4-6-8-16/h4-8,11H,9-10,12H2,1-3H3,(H,24,29). The lowest BCUT2D eigenvalue weighted by molar-refractivity contribution is -0.141. The zero-order valence-corrected chi connectivity index (χ0v) is 16.4. The van der Waals surface area contributed by atoms with Crippen LogP contribution in [0.5, 0.6) is 0 Å². The Balaban J connectivity index is 1.61. The molecule has 0 atom stereocenters. The van der Waals surface area contributed by atoms with E-state index in [1.807, 2.05) is 48.9 Å². The minimum absolute atomic E-state index is 0.0325. The average molecular weight is 405 g/mol. The lowest BCUT2D eigenvalue weighted by atomic mass is 10.2. The van der Waals surface area contributed by atoms with Crippen LogP contribution in [0.1, 0.15) is 34.8 Å². The van der Waals surface area contributed by atoms with E-state index in [0.29, 0.717) is 12.2 Å².